The van der Waals surface area contributed by atoms with Crippen LogP contribution in [0.3, 0.4) is 0 Å². The van der Waals surface area contributed by atoms with Gasteiger partial charge in [-0.2, -0.15) is 9.13 Å². The van der Waals surface area contributed by atoms with E-state index in [1.807, 2.05) is 53.1 Å². The summed E-state index contributed by atoms with van der Waals surface area (Å²) in [6.45, 7) is 14.8. The number of aryl methyl sites for hydroxylation is 1. The Kier molecular flexibility index (Phi) is 7.98. The number of hydrogen-bond donors (Lipinski definition) is 0. The van der Waals surface area contributed by atoms with Gasteiger partial charge in [0.15, 0.2) is 11.0 Å². The molecule has 61 heavy (non-hydrogen) atoms. The third-order valence-corrected chi connectivity index (χ3v) is 11.8. The lowest BCUT2D eigenvalue weighted by molar-refractivity contribution is -0.567. The molecule has 0 amide bonds. The lowest BCUT2D eigenvalue weighted by Gasteiger charge is -2.25. The Labute approximate surface area is 369 Å². The number of benzene rings is 6. The van der Waals surface area contributed by atoms with Crippen molar-refractivity contribution < 1.29 is 17.5 Å². The molecule has 0 saturated carbocycles. The molecule has 0 aliphatic carbocycles. The largest absolute Gasteiger partial charge is 0.457 e. The van der Waals surface area contributed by atoms with Crippen molar-refractivity contribution in [3.63, 3.8) is 0 Å². The molecular weight excluding hydrogens is 745 g/mol. The maximum atomic E-state index is 8.91. The second-order valence-electron chi connectivity index (χ2n) is 19.3. The van der Waals surface area contributed by atoms with E-state index in [2.05, 4.69) is 138 Å². The standard InChI is InChI=1S/C56H57N4O/c1-36-34-57-53(37(2)52(36)38-19-13-12-14-20-38)60-48-22-16-15-21-46(48)47-26-25-44(33-51(47)60)61-45-31-41(56(9,10)11)30-43(32-45)59-35-58(49-23-17-18-24-50(49)59)42-28-39(54(3,4)5)27-40(29-42)55(6,7)8/h12-35H,1-11H3/q+1/i1D3,2D3. The highest BCUT2D eigenvalue weighted by molar-refractivity contribution is 6.09. The maximum absolute atomic E-state index is 8.91. The van der Waals surface area contributed by atoms with Crippen LogP contribution in [0.4, 0.5) is 0 Å². The van der Waals surface area contributed by atoms with Crippen LogP contribution in [0.2, 0.25) is 0 Å². The minimum atomic E-state index is -2.74. The van der Waals surface area contributed by atoms with Crippen LogP contribution >= 0.6 is 0 Å². The van der Waals surface area contributed by atoms with Crippen LogP contribution < -0.4 is 9.30 Å². The van der Waals surface area contributed by atoms with Crippen molar-refractivity contribution in [2.24, 2.45) is 0 Å². The van der Waals surface area contributed by atoms with E-state index >= 15 is 0 Å². The third-order valence-electron chi connectivity index (χ3n) is 11.8. The predicted octanol–water partition coefficient (Wildman–Crippen LogP) is 14.4. The highest BCUT2D eigenvalue weighted by Crippen LogP contribution is 2.39. The van der Waals surface area contributed by atoms with Crippen molar-refractivity contribution in [3.05, 3.63) is 174 Å². The average Bonchev–Trinajstić information content (AvgIpc) is 3.80. The molecule has 0 saturated heterocycles. The van der Waals surface area contributed by atoms with Gasteiger partial charge in [-0.05, 0) is 118 Å². The second-order valence-corrected chi connectivity index (χ2v) is 19.3. The average molecular weight is 808 g/mol. The first-order valence-electron chi connectivity index (χ1n) is 24.0. The van der Waals surface area contributed by atoms with E-state index in [4.69, 9.17) is 17.9 Å². The molecule has 0 radical (unpaired) electrons. The van der Waals surface area contributed by atoms with Crippen LogP contribution in [0.1, 0.15) is 98.4 Å². The Hall–Kier alpha value is -6.46. The smallest absolute Gasteiger partial charge is 0.255 e. The number of ether oxygens (including phenoxy) is 1. The van der Waals surface area contributed by atoms with E-state index in [0.29, 0.717) is 22.6 Å². The minimum Gasteiger partial charge on any atom is -0.457 e. The van der Waals surface area contributed by atoms with Crippen molar-refractivity contribution in [3.8, 4) is 39.8 Å². The van der Waals surface area contributed by atoms with Crippen molar-refractivity contribution >= 4 is 32.8 Å². The van der Waals surface area contributed by atoms with E-state index < -0.39 is 13.7 Å². The van der Waals surface area contributed by atoms with Gasteiger partial charge in [-0.25, -0.2) is 4.98 Å². The van der Waals surface area contributed by atoms with E-state index in [1.165, 1.54) is 17.3 Å². The van der Waals surface area contributed by atoms with Gasteiger partial charge < -0.3 is 4.74 Å². The fourth-order valence-corrected chi connectivity index (χ4v) is 8.31. The fraction of sp³-hybridized carbons (Fsp3) is 0.250. The van der Waals surface area contributed by atoms with Crippen LogP contribution in [0.25, 0.3) is 61.2 Å². The molecule has 5 heteroatoms. The molecule has 3 aromatic heterocycles. The van der Waals surface area contributed by atoms with Gasteiger partial charge in [-0.3, -0.25) is 4.57 Å². The first-order valence-corrected chi connectivity index (χ1v) is 21.0. The highest BCUT2D eigenvalue weighted by Gasteiger charge is 2.27. The van der Waals surface area contributed by atoms with Gasteiger partial charge in [-0.15, -0.1) is 0 Å². The van der Waals surface area contributed by atoms with E-state index in [9.17, 15) is 0 Å². The van der Waals surface area contributed by atoms with Crippen LogP contribution in [0, 0.1) is 13.7 Å². The second kappa shape index (κ2) is 14.6. The van der Waals surface area contributed by atoms with Crippen LogP contribution in [-0.2, 0) is 16.2 Å². The number of aromatic nitrogens is 4. The van der Waals surface area contributed by atoms with Crippen molar-refractivity contribution in [2.75, 3.05) is 0 Å². The normalized spacial score (nSPS) is 14.4. The lowest BCUT2D eigenvalue weighted by atomic mass is 9.80. The summed E-state index contributed by atoms with van der Waals surface area (Å²) in [6, 6.07) is 44.2. The van der Waals surface area contributed by atoms with E-state index in [1.54, 1.807) is 24.3 Å². The molecule has 306 valence electrons. The van der Waals surface area contributed by atoms with Gasteiger partial charge in [-0.1, -0.05) is 129 Å². The SMILES string of the molecule is [2H]C([2H])([2H])c1cnc(-n2c3ccccc3c3ccc(Oc4cc(-n5c[n+](-c6cc(C(C)(C)C)cc(C(C)(C)C)c6)c6ccccc65)cc(C(C)(C)C)c4)cc32)c(C([2H])([2H])[2H])c1-c1ccccc1. The Morgan fingerprint density at radius 3 is 1.90 bits per heavy atom. The Morgan fingerprint density at radius 1 is 0.574 bits per heavy atom. The van der Waals surface area contributed by atoms with Gasteiger partial charge in [0, 0.05) is 42.9 Å². The molecule has 9 aromatic rings. The van der Waals surface area contributed by atoms with Gasteiger partial charge in [0.05, 0.1) is 11.0 Å². The number of rotatable bonds is 6. The molecule has 0 aliphatic rings. The summed E-state index contributed by atoms with van der Waals surface area (Å²) in [5, 5.41) is 1.75. The lowest BCUT2D eigenvalue weighted by Crippen LogP contribution is -2.31. The van der Waals surface area contributed by atoms with E-state index in [0.717, 1.165) is 44.3 Å². The maximum Gasteiger partial charge on any atom is 0.255 e. The molecule has 0 spiro atoms. The third kappa shape index (κ3) is 7.30. The number of pyridine rings is 1. The zero-order valence-electron chi connectivity index (χ0n) is 42.6. The first-order chi connectivity index (χ1) is 31.4. The van der Waals surface area contributed by atoms with Crippen LogP contribution in [-0.4, -0.2) is 14.1 Å². The van der Waals surface area contributed by atoms with Crippen LogP contribution in [0.5, 0.6) is 11.5 Å². The number of fused-ring (bicyclic) bond motifs is 4. The molecular formula is C56H57N4O+. The molecule has 0 aliphatic heterocycles. The molecule has 3 heterocycles. The molecule has 0 bridgehead atoms. The summed E-state index contributed by atoms with van der Waals surface area (Å²) in [6.07, 6.45) is 3.48. The molecule has 6 aromatic carbocycles. The fourth-order valence-electron chi connectivity index (χ4n) is 8.31. The predicted molar refractivity (Wildman–Crippen MR) is 254 cm³/mol. The monoisotopic (exact) mass is 807 g/mol. The van der Waals surface area contributed by atoms with Crippen molar-refractivity contribution in [1.82, 2.24) is 14.1 Å². The zero-order valence-corrected chi connectivity index (χ0v) is 36.6. The zero-order chi connectivity index (χ0) is 48.0. The van der Waals surface area contributed by atoms with Gasteiger partial charge >= 0.3 is 0 Å². The summed E-state index contributed by atoms with van der Waals surface area (Å²) >= 11 is 0. The van der Waals surface area contributed by atoms with Crippen molar-refractivity contribution in [1.29, 1.82) is 0 Å². The molecule has 0 N–H and O–H groups in total. The van der Waals surface area contributed by atoms with Gasteiger partial charge in [0.25, 0.3) is 6.33 Å². The molecule has 9 rings (SSSR count). The van der Waals surface area contributed by atoms with Crippen molar-refractivity contribution in [2.45, 2.75) is 92.3 Å². The number of imidazole rings is 1. The van der Waals surface area contributed by atoms with E-state index in [-0.39, 0.29) is 38.8 Å². The molecule has 5 nitrogen and oxygen atoms in total. The summed E-state index contributed by atoms with van der Waals surface area (Å²) < 4.78 is 65.3. The number of para-hydroxylation sites is 3. The first kappa shape index (κ1) is 33.3. The minimum absolute atomic E-state index is 0.0523. The summed E-state index contributed by atoms with van der Waals surface area (Å²) in [5.74, 6) is 1.29. The number of nitrogens with zero attached hydrogens (tertiary/aromatic N) is 4. The van der Waals surface area contributed by atoms with Gasteiger partial charge in [0.1, 0.15) is 28.7 Å². The Balaban J connectivity index is 1.23. The molecule has 0 unspecified atom stereocenters. The quantitative estimate of drug-likeness (QED) is 0.157. The summed E-state index contributed by atoms with van der Waals surface area (Å²) in [5.41, 5.74) is 9.17. The highest BCUT2D eigenvalue weighted by atomic mass is 16.5. The topological polar surface area (TPSA) is 35.9 Å². The van der Waals surface area contributed by atoms with Gasteiger partial charge in [0.2, 0.25) is 0 Å². The molecule has 0 atom stereocenters. The number of hydrogen-bond acceptors (Lipinski definition) is 2. The summed E-state index contributed by atoms with van der Waals surface area (Å²) in [7, 11) is 0. The Bertz CT molecular complexity index is 3320. The Morgan fingerprint density at radius 2 is 1.21 bits per heavy atom. The van der Waals surface area contributed by atoms with Crippen LogP contribution in [0.15, 0.2) is 146 Å². The summed E-state index contributed by atoms with van der Waals surface area (Å²) in [4.78, 5) is 4.72. The molecule has 0 fully saturated rings.